The van der Waals surface area contributed by atoms with Crippen LogP contribution in [0, 0.1) is 24.7 Å². The van der Waals surface area contributed by atoms with Gasteiger partial charge in [-0.05, 0) is 61.1 Å². The molecule has 0 bridgehead atoms. The highest BCUT2D eigenvalue weighted by atomic mass is 35.5. The van der Waals surface area contributed by atoms with Crippen LogP contribution < -0.4 is 0 Å². The average molecular weight is 237 g/mol. The van der Waals surface area contributed by atoms with Gasteiger partial charge < -0.3 is 5.11 Å². The van der Waals surface area contributed by atoms with Crippen LogP contribution in [0.4, 0.5) is 0 Å². The summed E-state index contributed by atoms with van der Waals surface area (Å²) in [5.41, 5.74) is 2.06. The molecule has 2 heteroatoms. The van der Waals surface area contributed by atoms with Crippen molar-refractivity contribution in [3.63, 3.8) is 0 Å². The first-order valence-corrected chi connectivity index (χ1v) is 6.47. The molecule has 3 rings (SSSR count). The molecule has 0 aliphatic heterocycles. The minimum absolute atomic E-state index is 0.314. The fourth-order valence-electron chi connectivity index (χ4n) is 3.08. The second-order valence-corrected chi connectivity index (χ2v) is 5.85. The van der Waals surface area contributed by atoms with Gasteiger partial charge in [0.1, 0.15) is 0 Å². The molecule has 0 spiro atoms. The first kappa shape index (κ1) is 10.6. The SMILES string of the molecule is Cc1ccc(C(O)C2CC3CC3C2)cc1Cl. The van der Waals surface area contributed by atoms with E-state index in [1.807, 2.05) is 25.1 Å². The summed E-state index contributed by atoms with van der Waals surface area (Å²) in [6, 6.07) is 5.93. The number of aliphatic hydroxyl groups is 1. The van der Waals surface area contributed by atoms with Crippen LogP contribution in [0.25, 0.3) is 0 Å². The largest absolute Gasteiger partial charge is 0.388 e. The minimum atomic E-state index is -0.314. The summed E-state index contributed by atoms with van der Waals surface area (Å²) in [7, 11) is 0. The van der Waals surface area contributed by atoms with Crippen molar-refractivity contribution in [1.82, 2.24) is 0 Å². The fourth-order valence-corrected chi connectivity index (χ4v) is 3.27. The van der Waals surface area contributed by atoms with Crippen molar-refractivity contribution in [3.8, 4) is 0 Å². The molecule has 0 radical (unpaired) electrons. The second kappa shape index (κ2) is 3.75. The molecule has 1 nitrogen and oxygen atoms in total. The Labute approximate surface area is 101 Å². The lowest BCUT2D eigenvalue weighted by atomic mass is 9.91. The predicted octanol–water partition coefficient (Wildman–Crippen LogP) is 3.73. The smallest absolute Gasteiger partial charge is 0.0818 e. The molecule has 0 amide bonds. The first-order chi connectivity index (χ1) is 7.65. The van der Waals surface area contributed by atoms with Gasteiger partial charge in [-0.15, -0.1) is 0 Å². The molecule has 0 heterocycles. The highest BCUT2D eigenvalue weighted by Crippen LogP contribution is 2.57. The molecule has 2 saturated carbocycles. The Balaban J connectivity index is 1.77. The van der Waals surface area contributed by atoms with Crippen molar-refractivity contribution in [1.29, 1.82) is 0 Å². The topological polar surface area (TPSA) is 20.2 Å². The maximum Gasteiger partial charge on any atom is 0.0818 e. The van der Waals surface area contributed by atoms with Crippen LogP contribution in [-0.2, 0) is 0 Å². The summed E-state index contributed by atoms with van der Waals surface area (Å²) >= 11 is 6.09. The Hall–Kier alpha value is -0.530. The van der Waals surface area contributed by atoms with E-state index in [1.54, 1.807) is 0 Å². The van der Waals surface area contributed by atoms with Gasteiger partial charge in [0.2, 0.25) is 0 Å². The molecule has 2 aliphatic carbocycles. The van der Waals surface area contributed by atoms with Crippen LogP contribution in [0.15, 0.2) is 18.2 Å². The summed E-state index contributed by atoms with van der Waals surface area (Å²) in [6.07, 6.45) is 3.50. The molecular formula is C14H17ClO. The van der Waals surface area contributed by atoms with Gasteiger partial charge in [-0.2, -0.15) is 0 Å². The van der Waals surface area contributed by atoms with E-state index in [0.29, 0.717) is 5.92 Å². The molecule has 2 aliphatic rings. The zero-order valence-electron chi connectivity index (χ0n) is 9.49. The van der Waals surface area contributed by atoms with E-state index in [-0.39, 0.29) is 6.10 Å². The zero-order chi connectivity index (χ0) is 11.3. The van der Waals surface area contributed by atoms with E-state index in [9.17, 15) is 5.11 Å². The molecule has 2 fully saturated rings. The normalized spacial score (nSPS) is 33.6. The Morgan fingerprint density at radius 2 is 1.94 bits per heavy atom. The van der Waals surface area contributed by atoms with Crippen molar-refractivity contribution in [3.05, 3.63) is 34.3 Å². The van der Waals surface area contributed by atoms with Crippen LogP contribution in [0.3, 0.4) is 0 Å². The van der Waals surface area contributed by atoms with Crippen LogP contribution in [0.5, 0.6) is 0 Å². The zero-order valence-corrected chi connectivity index (χ0v) is 10.2. The standard InChI is InChI=1S/C14H17ClO/c1-8-2-3-9(7-13(8)15)14(16)12-5-10-4-11(10)6-12/h2-3,7,10-12,14,16H,4-6H2,1H3. The van der Waals surface area contributed by atoms with E-state index < -0.39 is 0 Å². The van der Waals surface area contributed by atoms with Gasteiger partial charge in [0.25, 0.3) is 0 Å². The summed E-state index contributed by atoms with van der Waals surface area (Å²) in [4.78, 5) is 0. The van der Waals surface area contributed by atoms with Gasteiger partial charge in [0, 0.05) is 5.02 Å². The summed E-state index contributed by atoms with van der Waals surface area (Å²) in [5, 5.41) is 11.1. The summed E-state index contributed by atoms with van der Waals surface area (Å²) in [5.74, 6) is 2.30. The Bertz CT molecular complexity index is 405. The molecule has 3 unspecified atom stereocenters. The summed E-state index contributed by atoms with van der Waals surface area (Å²) in [6.45, 7) is 1.99. The molecule has 1 N–H and O–H groups in total. The number of aryl methyl sites for hydroxylation is 1. The van der Waals surface area contributed by atoms with Gasteiger partial charge >= 0.3 is 0 Å². The summed E-state index contributed by atoms with van der Waals surface area (Å²) < 4.78 is 0. The Kier molecular flexibility index (Phi) is 2.49. The molecular weight excluding hydrogens is 220 g/mol. The number of hydrogen-bond acceptors (Lipinski definition) is 1. The van der Waals surface area contributed by atoms with Gasteiger partial charge in [-0.1, -0.05) is 23.7 Å². The third kappa shape index (κ3) is 1.76. The van der Waals surface area contributed by atoms with Crippen LogP contribution in [0.1, 0.15) is 36.5 Å². The lowest BCUT2D eigenvalue weighted by Crippen LogP contribution is -2.11. The molecule has 0 saturated heterocycles. The highest BCUT2D eigenvalue weighted by Gasteiger charge is 2.47. The lowest BCUT2D eigenvalue weighted by molar-refractivity contribution is 0.104. The van der Waals surface area contributed by atoms with Crippen molar-refractivity contribution in [2.45, 2.75) is 32.3 Å². The molecule has 3 atom stereocenters. The van der Waals surface area contributed by atoms with Gasteiger partial charge in [0.15, 0.2) is 0 Å². The minimum Gasteiger partial charge on any atom is -0.388 e. The third-order valence-electron chi connectivity index (χ3n) is 4.26. The van der Waals surface area contributed by atoms with Crippen LogP contribution >= 0.6 is 11.6 Å². The number of fused-ring (bicyclic) bond motifs is 1. The number of aliphatic hydroxyl groups excluding tert-OH is 1. The van der Waals surface area contributed by atoms with E-state index in [4.69, 9.17) is 11.6 Å². The van der Waals surface area contributed by atoms with Crippen molar-refractivity contribution in [2.24, 2.45) is 17.8 Å². The fraction of sp³-hybridized carbons (Fsp3) is 0.571. The molecule has 1 aromatic rings. The van der Waals surface area contributed by atoms with Crippen molar-refractivity contribution < 1.29 is 5.11 Å². The average Bonchev–Trinajstić information content (AvgIpc) is 2.89. The van der Waals surface area contributed by atoms with Crippen molar-refractivity contribution in [2.75, 3.05) is 0 Å². The lowest BCUT2D eigenvalue weighted by Gasteiger charge is -2.20. The number of hydrogen-bond donors (Lipinski definition) is 1. The molecule has 0 aromatic heterocycles. The van der Waals surface area contributed by atoms with Crippen molar-refractivity contribution >= 4 is 11.6 Å². The van der Waals surface area contributed by atoms with Gasteiger partial charge in [0.05, 0.1) is 6.10 Å². The van der Waals surface area contributed by atoms with E-state index in [2.05, 4.69) is 0 Å². The van der Waals surface area contributed by atoms with Crippen LogP contribution in [-0.4, -0.2) is 5.11 Å². The predicted molar refractivity (Wildman–Crippen MR) is 65.5 cm³/mol. The van der Waals surface area contributed by atoms with Crippen LogP contribution in [0.2, 0.25) is 5.02 Å². The molecule has 86 valence electrons. The maximum absolute atomic E-state index is 10.3. The molecule has 16 heavy (non-hydrogen) atoms. The Morgan fingerprint density at radius 1 is 1.25 bits per heavy atom. The highest BCUT2D eigenvalue weighted by molar-refractivity contribution is 6.31. The number of rotatable bonds is 2. The monoisotopic (exact) mass is 236 g/mol. The van der Waals surface area contributed by atoms with Gasteiger partial charge in [-0.25, -0.2) is 0 Å². The number of halogens is 1. The quantitative estimate of drug-likeness (QED) is 0.830. The molecule has 1 aromatic carbocycles. The van der Waals surface area contributed by atoms with Gasteiger partial charge in [-0.3, -0.25) is 0 Å². The third-order valence-corrected chi connectivity index (χ3v) is 4.67. The Morgan fingerprint density at radius 3 is 2.56 bits per heavy atom. The van der Waals surface area contributed by atoms with E-state index in [1.165, 1.54) is 19.3 Å². The number of benzene rings is 1. The second-order valence-electron chi connectivity index (χ2n) is 5.44. The van der Waals surface area contributed by atoms with E-state index in [0.717, 1.165) is 28.0 Å². The van der Waals surface area contributed by atoms with E-state index >= 15 is 0 Å². The first-order valence-electron chi connectivity index (χ1n) is 6.09. The maximum atomic E-state index is 10.3.